The summed E-state index contributed by atoms with van der Waals surface area (Å²) in [5.74, 6) is 0. The van der Waals surface area contributed by atoms with E-state index in [0.717, 1.165) is 13.0 Å². The van der Waals surface area contributed by atoms with E-state index in [0.29, 0.717) is 0 Å². The lowest BCUT2D eigenvalue weighted by Gasteiger charge is -2.10. The molecule has 1 aromatic carbocycles. The summed E-state index contributed by atoms with van der Waals surface area (Å²) in [5.41, 5.74) is 2.72. The van der Waals surface area contributed by atoms with Gasteiger partial charge in [-0.05, 0) is 18.9 Å². The van der Waals surface area contributed by atoms with Gasteiger partial charge in [0.2, 0.25) is 0 Å². The Bertz CT molecular complexity index is 218. The van der Waals surface area contributed by atoms with Crippen LogP contribution in [0.3, 0.4) is 0 Å². The molecule has 0 aliphatic rings. The number of likely N-dealkylation sites (N-methyl/N-ethyl adjacent to an activating group) is 1. The molecule has 1 rings (SSSR count). The van der Waals surface area contributed by atoms with Gasteiger partial charge < -0.3 is 5.32 Å². The van der Waals surface area contributed by atoms with Crippen molar-refractivity contribution in [2.45, 2.75) is 13.3 Å². The molecule has 0 atom stereocenters. The highest BCUT2D eigenvalue weighted by molar-refractivity contribution is 5.22. The maximum absolute atomic E-state index is 4.06. The van der Waals surface area contributed by atoms with Gasteiger partial charge in [-0.25, -0.2) is 0 Å². The van der Waals surface area contributed by atoms with Crippen LogP contribution in [0.25, 0.3) is 5.32 Å². The molecule has 0 amide bonds. The Hall–Kier alpha value is -0.820. The van der Waals surface area contributed by atoms with Crippen molar-refractivity contribution in [3.8, 4) is 0 Å². The van der Waals surface area contributed by atoms with Crippen molar-refractivity contribution in [3.05, 3.63) is 40.7 Å². The predicted molar refractivity (Wildman–Crippen MR) is 49.0 cm³/mol. The molecule has 0 fully saturated rings. The average Bonchev–Trinajstić information content (AvgIpc) is 2.01. The monoisotopic (exact) mass is 148 g/mol. The van der Waals surface area contributed by atoms with E-state index >= 15 is 0 Å². The van der Waals surface area contributed by atoms with Crippen LogP contribution in [-0.4, -0.2) is 13.6 Å². The van der Waals surface area contributed by atoms with E-state index in [1.807, 2.05) is 7.05 Å². The number of hydrogen-bond acceptors (Lipinski definition) is 0. The molecule has 1 nitrogen and oxygen atoms in total. The normalized spacial score (nSPS) is 10.0. The minimum atomic E-state index is 0.934. The molecule has 1 heteroatoms. The van der Waals surface area contributed by atoms with Crippen molar-refractivity contribution in [2.75, 3.05) is 13.6 Å². The average molecular weight is 148 g/mol. The van der Waals surface area contributed by atoms with Crippen molar-refractivity contribution >= 4 is 0 Å². The zero-order valence-corrected chi connectivity index (χ0v) is 7.17. The Morgan fingerprint density at radius 3 is 2.82 bits per heavy atom. The van der Waals surface area contributed by atoms with Gasteiger partial charge in [0.15, 0.2) is 0 Å². The summed E-state index contributed by atoms with van der Waals surface area (Å²) in [5, 5.41) is 4.06. The largest absolute Gasteiger partial charge is 0.665 e. The fourth-order valence-electron chi connectivity index (χ4n) is 1.11. The Labute approximate surface area is 68.4 Å². The summed E-state index contributed by atoms with van der Waals surface area (Å²) in [6, 6.07) is 8.58. The van der Waals surface area contributed by atoms with Gasteiger partial charge in [-0.15, -0.1) is 6.54 Å². The molecule has 0 saturated heterocycles. The van der Waals surface area contributed by atoms with Crippen LogP contribution in [0, 0.1) is 6.92 Å². The minimum Gasteiger partial charge on any atom is -0.665 e. The zero-order valence-electron chi connectivity index (χ0n) is 7.17. The lowest BCUT2D eigenvalue weighted by atomic mass is 10.1. The third-order valence-corrected chi connectivity index (χ3v) is 1.71. The highest BCUT2D eigenvalue weighted by Crippen LogP contribution is 2.04. The molecule has 0 saturated carbocycles. The van der Waals surface area contributed by atoms with Crippen LogP contribution in [0.1, 0.15) is 11.1 Å². The van der Waals surface area contributed by atoms with Gasteiger partial charge in [-0.1, -0.05) is 29.8 Å². The van der Waals surface area contributed by atoms with Gasteiger partial charge in [0.05, 0.1) is 0 Å². The summed E-state index contributed by atoms with van der Waals surface area (Å²) in [6.07, 6.45) is 1.07. The summed E-state index contributed by atoms with van der Waals surface area (Å²) >= 11 is 0. The van der Waals surface area contributed by atoms with E-state index < -0.39 is 0 Å². The van der Waals surface area contributed by atoms with Crippen LogP contribution in [0.5, 0.6) is 0 Å². The van der Waals surface area contributed by atoms with Crippen molar-refractivity contribution in [1.29, 1.82) is 0 Å². The highest BCUT2D eigenvalue weighted by Gasteiger charge is 1.87. The van der Waals surface area contributed by atoms with E-state index in [2.05, 4.69) is 36.5 Å². The van der Waals surface area contributed by atoms with E-state index in [1.165, 1.54) is 11.1 Å². The second kappa shape index (κ2) is 4.14. The Kier molecular flexibility index (Phi) is 3.12. The zero-order chi connectivity index (χ0) is 8.10. The number of nitrogens with zero attached hydrogens (tertiary/aromatic N) is 1. The topological polar surface area (TPSA) is 14.1 Å². The van der Waals surface area contributed by atoms with Gasteiger partial charge in [-0.2, -0.15) is 7.05 Å². The molecule has 0 N–H and O–H groups in total. The lowest BCUT2D eigenvalue weighted by Crippen LogP contribution is -1.89. The first-order valence-electron chi connectivity index (χ1n) is 3.94. The predicted octanol–water partition coefficient (Wildman–Crippen LogP) is 2.54. The molecule has 0 heterocycles. The summed E-state index contributed by atoms with van der Waals surface area (Å²) < 4.78 is 0. The van der Waals surface area contributed by atoms with E-state index in [9.17, 15) is 0 Å². The van der Waals surface area contributed by atoms with Gasteiger partial charge in [0, 0.05) is 0 Å². The van der Waals surface area contributed by atoms with E-state index in [4.69, 9.17) is 0 Å². The molecular weight excluding hydrogens is 134 g/mol. The first-order chi connectivity index (χ1) is 5.33. The molecule has 0 radical (unpaired) electrons. The maximum Gasteiger partial charge on any atom is -0.0398 e. The van der Waals surface area contributed by atoms with Crippen LogP contribution in [-0.2, 0) is 6.42 Å². The second-order valence-electron chi connectivity index (χ2n) is 2.78. The molecule has 1 aromatic rings. The van der Waals surface area contributed by atoms with Crippen molar-refractivity contribution < 1.29 is 0 Å². The maximum atomic E-state index is 4.06. The number of rotatable bonds is 3. The standard InChI is InChI=1S/C10H14N/c1-9-4-3-5-10(8-9)6-7-11-2/h3-5,8H,6-7H2,1-2H3/q-1. The van der Waals surface area contributed by atoms with Crippen molar-refractivity contribution in [3.63, 3.8) is 0 Å². The third-order valence-electron chi connectivity index (χ3n) is 1.71. The molecule has 11 heavy (non-hydrogen) atoms. The molecule has 0 spiro atoms. The molecule has 0 aliphatic carbocycles. The first-order valence-corrected chi connectivity index (χ1v) is 3.94. The van der Waals surface area contributed by atoms with E-state index in [-0.39, 0.29) is 0 Å². The van der Waals surface area contributed by atoms with Crippen LogP contribution >= 0.6 is 0 Å². The third kappa shape index (κ3) is 2.72. The van der Waals surface area contributed by atoms with Crippen LogP contribution in [0.2, 0.25) is 0 Å². The number of aryl methyl sites for hydroxylation is 1. The fourth-order valence-corrected chi connectivity index (χ4v) is 1.11. The molecular formula is C10H14N-. The van der Waals surface area contributed by atoms with E-state index in [1.54, 1.807) is 0 Å². The quantitative estimate of drug-likeness (QED) is 0.625. The Balaban J connectivity index is 2.56. The minimum absolute atomic E-state index is 0.934. The van der Waals surface area contributed by atoms with Crippen LogP contribution < -0.4 is 0 Å². The van der Waals surface area contributed by atoms with Gasteiger partial charge in [0.25, 0.3) is 0 Å². The van der Waals surface area contributed by atoms with Crippen molar-refractivity contribution in [1.82, 2.24) is 0 Å². The summed E-state index contributed by atoms with van der Waals surface area (Å²) in [6.45, 7) is 3.05. The van der Waals surface area contributed by atoms with Gasteiger partial charge >= 0.3 is 0 Å². The Morgan fingerprint density at radius 2 is 2.18 bits per heavy atom. The fraction of sp³-hybridized carbons (Fsp3) is 0.400. The summed E-state index contributed by atoms with van der Waals surface area (Å²) in [7, 11) is 1.86. The highest BCUT2D eigenvalue weighted by atomic mass is 14.8. The van der Waals surface area contributed by atoms with Gasteiger partial charge in [0.1, 0.15) is 0 Å². The Morgan fingerprint density at radius 1 is 1.36 bits per heavy atom. The molecule has 0 aliphatic heterocycles. The first kappa shape index (κ1) is 8.28. The number of benzene rings is 1. The van der Waals surface area contributed by atoms with Gasteiger partial charge in [-0.3, -0.25) is 0 Å². The molecule has 0 unspecified atom stereocenters. The number of hydrogen-bond donors (Lipinski definition) is 0. The SMILES string of the molecule is C[N-]CCc1cccc(C)c1. The second-order valence-corrected chi connectivity index (χ2v) is 2.78. The molecule has 60 valence electrons. The molecule has 0 bridgehead atoms. The van der Waals surface area contributed by atoms with Crippen LogP contribution in [0.4, 0.5) is 0 Å². The lowest BCUT2D eigenvalue weighted by molar-refractivity contribution is 1.04. The smallest absolute Gasteiger partial charge is 0.0398 e. The molecule has 0 aromatic heterocycles. The summed E-state index contributed by atoms with van der Waals surface area (Å²) in [4.78, 5) is 0. The van der Waals surface area contributed by atoms with Crippen LogP contribution in [0.15, 0.2) is 24.3 Å². The van der Waals surface area contributed by atoms with Crippen molar-refractivity contribution in [2.24, 2.45) is 0 Å².